The fourth-order valence-corrected chi connectivity index (χ4v) is 4.01. The molecule has 0 aromatic heterocycles. The molecule has 2 aliphatic rings. The van der Waals surface area contributed by atoms with Crippen LogP contribution in [0.4, 0.5) is 5.69 Å². The highest BCUT2D eigenvalue weighted by atomic mass is 16.2. The molecule has 1 aliphatic carbocycles. The number of benzene rings is 2. The summed E-state index contributed by atoms with van der Waals surface area (Å²) >= 11 is 0. The number of carbonyl (C=O) groups excluding carboxylic acids is 1. The number of amides is 1. The van der Waals surface area contributed by atoms with Crippen molar-refractivity contribution in [3.05, 3.63) is 42.0 Å². The van der Waals surface area contributed by atoms with Gasteiger partial charge in [-0.1, -0.05) is 30.7 Å². The van der Waals surface area contributed by atoms with Crippen LogP contribution in [-0.2, 0) is 0 Å². The van der Waals surface area contributed by atoms with Crippen molar-refractivity contribution in [1.82, 2.24) is 4.90 Å². The fraction of sp³-hybridized carbons (Fsp3) is 0.389. The third-order valence-electron chi connectivity index (χ3n) is 5.16. The Morgan fingerprint density at radius 2 is 1.67 bits per heavy atom. The van der Waals surface area contributed by atoms with Gasteiger partial charge in [0, 0.05) is 18.8 Å². The smallest absolute Gasteiger partial charge is 0.255 e. The molecule has 3 heteroatoms. The van der Waals surface area contributed by atoms with Gasteiger partial charge in [0.2, 0.25) is 0 Å². The Bertz CT molecular complexity index is 697. The highest BCUT2D eigenvalue weighted by molar-refractivity contribution is 6.04. The van der Waals surface area contributed by atoms with Gasteiger partial charge in [-0.05, 0) is 47.6 Å². The normalized spacial score (nSPS) is 24.5. The Kier molecular flexibility index (Phi) is 2.88. The number of carbonyl (C=O) groups is 1. The van der Waals surface area contributed by atoms with Crippen molar-refractivity contribution < 1.29 is 4.79 Å². The summed E-state index contributed by atoms with van der Waals surface area (Å²) in [7, 11) is 0. The van der Waals surface area contributed by atoms with Crippen LogP contribution in [0.2, 0.25) is 0 Å². The third kappa shape index (κ3) is 2.08. The van der Waals surface area contributed by atoms with E-state index in [2.05, 4.69) is 0 Å². The maximum absolute atomic E-state index is 12.8. The van der Waals surface area contributed by atoms with E-state index in [0.29, 0.717) is 11.3 Å². The lowest BCUT2D eigenvalue weighted by atomic mass is 10.0. The second-order valence-corrected chi connectivity index (χ2v) is 6.45. The van der Waals surface area contributed by atoms with E-state index in [4.69, 9.17) is 5.73 Å². The number of hydrogen-bond donors (Lipinski definition) is 1. The summed E-state index contributed by atoms with van der Waals surface area (Å²) in [5.41, 5.74) is 7.38. The van der Waals surface area contributed by atoms with E-state index in [1.165, 1.54) is 19.3 Å². The van der Waals surface area contributed by atoms with Crippen LogP contribution in [0.3, 0.4) is 0 Å². The van der Waals surface area contributed by atoms with Crippen molar-refractivity contribution in [2.45, 2.75) is 19.3 Å². The third-order valence-corrected chi connectivity index (χ3v) is 5.16. The van der Waals surface area contributed by atoms with Crippen LogP contribution in [0.1, 0.15) is 29.6 Å². The first-order chi connectivity index (χ1) is 10.2. The number of fused-ring (bicyclic) bond motifs is 2. The quantitative estimate of drug-likeness (QED) is 0.815. The monoisotopic (exact) mass is 280 g/mol. The molecule has 2 fully saturated rings. The van der Waals surface area contributed by atoms with E-state index < -0.39 is 0 Å². The maximum Gasteiger partial charge on any atom is 0.255 e. The summed E-state index contributed by atoms with van der Waals surface area (Å²) in [4.78, 5) is 14.8. The molecule has 108 valence electrons. The molecule has 2 atom stereocenters. The van der Waals surface area contributed by atoms with Crippen LogP contribution in [0.25, 0.3) is 10.8 Å². The highest BCUT2D eigenvalue weighted by Gasteiger charge is 2.38. The summed E-state index contributed by atoms with van der Waals surface area (Å²) in [5.74, 6) is 1.54. The molecule has 1 amide bonds. The first-order valence-corrected chi connectivity index (χ1v) is 7.80. The van der Waals surface area contributed by atoms with Crippen molar-refractivity contribution in [3.8, 4) is 0 Å². The zero-order valence-corrected chi connectivity index (χ0v) is 12.1. The lowest BCUT2D eigenvalue weighted by Crippen LogP contribution is -2.30. The molecule has 0 spiro atoms. The standard InChI is InChI=1S/C18H20N2O/c19-17-9-13-5-2-1-4-12(13)8-16(17)18(21)20-10-14-6-3-7-15(14)11-20/h1-2,4-5,8-9,14-15H,3,6-7,10-11,19H2. The number of nitrogen functional groups attached to an aromatic ring is 1. The van der Waals surface area contributed by atoms with Crippen molar-refractivity contribution in [2.24, 2.45) is 11.8 Å². The molecule has 2 N–H and O–H groups in total. The zero-order valence-electron chi connectivity index (χ0n) is 12.1. The molecule has 4 rings (SSSR count). The van der Waals surface area contributed by atoms with E-state index in [1.54, 1.807) is 0 Å². The molecule has 1 saturated carbocycles. The molecule has 0 bridgehead atoms. The summed E-state index contributed by atoms with van der Waals surface area (Å²) in [6.45, 7) is 1.82. The molecule has 21 heavy (non-hydrogen) atoms. The lowest BCUT2D eigenvalue weighted by Gasteiger charge is -2.19. The van der Waals surface area contributed by atoms with Gasteiger partial charge in [0.15, 0.2) is 0 Å². The van der Waals surface area contributed by atoms with E-state index in [0.717, 1.165) is 35.7 Å². The molecule has 1 heterocycles. The predicted octanol–water partition coefficient (Wildman–Crippen LogP) is 3.29. The first kappa shape index (κ1) is 12.7. The van der Waals surface area contributed by atoms with Gasteiger partial charge in [-0.15, -0.1) is 0 Å². The number of rotatable bonds is 1. The highest BCUT2D eigenvalue weighted by Crippen LogP contribution is 2.38. The van der Waals surface area contributed by atoms with Gasteiger partial charge in [-0.2, -0.15) is 0 Å². The minimum atomic E-state index is 0.104. The molecule has 2 unspecified atom stereocenters. The number of nitrogens with zero attached hydrogens (tertiary/aromatic N) is 1. The van der Waals surface area contributed by atoms with Crippen molar-refractivity contribution in [1.29, 1.82) is 0 Å². The van der Waals surface area contributed by atoms with Crippen molar-refractivity contribution >= 4 is 22.4 Å². The number of anilines is 1. The number of likely N-dealkylation sites (tertiary alicyclic amines) is 1. The second-order valence-electron chi connectivity index (χ2n) is 6.45. The lowest BCUT2D eigenvalue weighted by molar-refractivity contribution is 0.0782. The van der Waals surface area contributed by atoms with Gasteiger partial charge in [-0.3, -0.25) is 4.79 Å². The molecule has 2 aromatic rings. The average molecular weight is 280 g/mol. The number of hydrogen-bond acceptors (Lipinski definition) is 2. The Hall–Kier alpha value is -2.03. The summed E-state index contributed by atoms with van der Waals surface area (Å²) < 4.78 is 0. The molecule has 1 aliphatic heterocycles. The van der Waals surface area contributed by atoms with E-state index >= 15 is 0 Å². The van der Waals surface area contributed by atoms with E-state index in [1.807, 2.05) is 41.3 Å². The number of nitrogens with two attached hydrogens (primary N) is 1. The van der Waals surface area contributed by atoms with Crippen molar-refractivity contribution in [2.75, 3.05) is 18.8 Å². The van der Waals surface area contributed by atoms with Gasteiger partial charge in [0.1, 0.15) is 0 Å². The largest absolute Gasteiger partial charge is 0.398 e. The zero-order chi connectivity index (χ0) is 14.4. The predicted molar refractivity (Wildman–Crippen MR) is 85.1 cm³/mol. The molecule has 2 aromatic carbocycles. The molecular weight excluding hydrogens is 260 g/mol. The Labute approximate surface area is 124 Å². The Morgan fingerprint density at radius 1 is 1.05 bits per heavy atom. The van der Waals surface area contributed by atoms with Gasteiger partial charge in [0.25, 0.3) is 5.91 Å². The van der Waals surface area contributed by atoms with Crippen LogP contribution in [0.5, 0.6) is 0 Å². The van der Waals surface area contributed by atoms with E-state index in [-0.39, 0.29) is 5.91 Å². The van der Waals surface area contributed by atoms with Gasteiger partial charge in [0.05, 0.1) is 5.56 Å². The second kappa shape index (κ2) is 4.76. The molecule has 3 nitrogen and oxygen atoms in total. The minimum Gasteiger partial charge on any atom is -0.398 e. The van der Waals surface area contributed by atoms with Crippen LogP contribution >= 0.6 is 0 Å². The Balaban J connectivity index is 1.66. The maximum atomic E-state index is 12.8. The van der Waals surface area contributed by atoms with Gasteiger partial charge >= 0.3 is 0 Å². The molecular formula is C18H20N2O. The van der Waals surface area contributed by atoms with Crippen LogP contribution in [0.15, 0.2) is 36.4 Å². The summed E-state index contributed by atoms with van der Waals surface area (Å²) in [5, 5.41) is 2.17. The van der Waals surface area contributed by atoms with Crippen LogP contribution < -0.4 is 5.73 Å². The molecule has 0 radical (unpaired) electrons. The fourth-order valence-electron chi connectivity index (χ4n) is 4.01. The van der Waals surface area contributed by atoms with Gasteiger partial charge in [-0.25, -0.2) is 0 Å². The topological polar surface area (TPSA) is 46.3 Å². The van der Waals surface area contributed by atoms with Gasteiger partial charge < -0.3 is 10.6 Å². The van der Waals surface area contributed by atoms with Crippen LogP contribution in [0, 0.1) is 11.8 Å². The Morgan fingerprint density at radius 3 is 2.33 bits per heavy atom. The SMILES string of the molecule is Nc1cc2ccccc2cc1C(=O)N1CC2CCCC2C1. The van der Waals surface area contributed by atoms with E-state index in [9.17, 15) is 4.79 Å². The molecule has 1 saturated heterocycles. The summed E-state index contributed by atoms with van der Waals surface area (Å²) in [6, 6.07) is 11.9. The average Bonchev–Trinajstić information content (AvgIpc) is 3.07. The van der Waals surface area contributed by atoms with Crippen molar-refractivity contribution in [3.63, 3.8) is 0 Å². The minimum absolute atomic E-state index is 0.104. The summed E-state index contributed by atoms with van der Waals surface area (Å²) in [6.07, 6.45) is 3.89. The van der Waals surface area contributed by atoms with Crippen LogP contribution in [-0.4, -0.2) is 23.9 Å². The first-order valence-electron chi connectivity index (χ1n) is 7.80.